The molecular weight excluding hydrogens is 270 g/mol. The summed E-state index contributed by atoms with van der Waals surface area (Å²) in [6.45, 7) is 2.04. The average molecular weight is 287 g/mol. The molecule has 104 valence electrons. The van der Waals surface area contributed by atoms with Crippen LogP contribution in [0.1, 0.15) is 32.6 Å². The van der Waals surface area contributed by atoms with Crippen LogP contribution in [0, 0.1) is 5.41 Å². The van der Waals surface area contributed by atoms with Crippen molar-refractivity contribution in [2.24, 2.45) is 5.41 Å². The van der Waals surface area contributed by atoms with Gasteiger partial charge in [0.05, 0.1) is 0 Å². The highest BCUT2D eigenvalue weighted by molar-refractivity contribution is 7.18. The van der Waals surface area contributed by atoms with Gasteiger partial charge in [0.25, 0.3) is 0 Å². The fraction of sp³-hybridized carbons (Fsp3) is 0.400. The van der Waals surface area contributed by atoms with E-state index in [1.807, 2.05) is 37.3 Å². The molecule has 0 saturated heterocycles. The van der Waals surface area contributed by atoms with Crippen molar-refractivity contribution >= 4 is 22.4 Å². The van der Waals surface area contributed by atoms with Crippen LogP contribution in [0.15, 0.2) is 30.3 Å². The molecule has 1 amide bonds. The summed E-state index contributed by atoms with van der Waals surface area (Å²) in [7, 11) is 0. The Morgan fingerprint density at radius 1 is 1.20 bits per heavy atom. The van der Waals surface area contributed by atoms with E-state index in [0.717, 1.165) is 36.3 Å². The maximum absolute atomic E-state index is 12.3. The lowest BCUT2D eigenvalue weighted by Crippen LogP contribution is -2.30. The number of carbonyl (C=O) groups excluding carboxylic acids is 1. The van der Waals surface area contributed by atoms with Crippen LogP contribution in [0.4, 0.5) is 5.13 Å². The van der Waals surface area contributed by atoms with Crippen LogP contribution in [0.5, 0.6) is 0 Å². The van der Waals surface area contributed by atoms with E-state index in [-0.39, 0.29) is 11.3 Å². The van der Waals surface area contributed by atoms with Crippen LogP contribution in [0.2, 0.25) is 0 Å². The predicted molar refractivity (Wildman–Crippen MR) is 80.5 cm³/mol. The van der Waals surface area contributed by atoms with Crippen molar-refractivity contribution in [3.8, 4) is 10.6 Å². The third-order valence-electron chi connectivity index (χ3n) is 3.92. The molecule has 1 aromatic heterocycles. The molecule has 20 heavy (non-hydrogen) atoms. The second kappa shape index (κ2) is 5.32. The molecule has 0 atom stereocenters. The molecule has 1 aromatic carbocycles. The van der Waals surface area contributed by atoms with Crippen molar-refractivity contribution in [2.75, 3.05) is 5.32 Å². The van der Waals surface area contributed by atoms with E-state index in [2.05, 4.69) is 15.5 Å². The lowest BCUT2D eigenvalue weighted by molar-refractivity contribution is -0.124. The highest BCUT2D eigenvalue weighted by atomic mass is 32.1. The Labute approximate surface area is 122 Å². The first-order chi connectivity index (χ1) is 9.67. The lowest BCUT2D eigenvalue weighted by atomic mass is 9.88. The van der Waals surface area contributed by atoms with Crippen molar-refractivity contribution in [1.29, 1.82) is 0 Å². The third kappa shape index (κ3) is 2.58. The number of aromatic nitrogens is 2. The summed E-state index contributed by atoms with van der Waals surface area (Å²) in [5.41, 5.74) is 0.788. The van der Waals surface area contributed by atoms with Crippen LogP contribution in [-0.2, 0) is 4.79 Å². The Morgan fingerprint density at radius 2 is 1.90 bits per heavy atom. The van der Waals surface area contributed by atoms with Crippen LogP contribution in [0.25, 0.3) is 10.6 Å². The van der Waals surface area contributed by atoms with Crippen LogP contribution < -0.4 is 5.32 Å². The molecule has 1 saturated carbocycles. The fourth-order valence-corrected chi connectivity index (χ4v) is 3.35. The number of anilines is 1. The van der Waals surface area contributed by atoms with Gasteiger partial charge in [0.2, 0.25) is 11.0 Å². The first-order valence-corrected chi connectivity index (χ1v) is 7.69. The quantitative estimate of drug-likeness (QED) is 0.936. The number of hydrogen-bond donors (Lipinski definition) is 1. The van der Waals surface area contributed by atoms with E-state index in [4.69, 9.17) is 0 Å². The second-order valence-electron chi connectivity index (χ2n) is 5.50. The van der Waals surface area contributed by atoms with Gasteiger partial charge < -0.3 is 5.32 Å². The topological polar surface area (TPSA) is 54.9 Å². The zero-order valence-electron chi connectivity index (χ0n) is 11.4. The molecular formula is C15H17N3OS. The van der Waals surface area contributed by atoms with Gasteiger partial charge in [-0.1, -0.05) is 61.4 Å². The van der Waals surface area contributed by atoms with Crippen LogP contribution >= 0.6 is 11.3 Å². The number of nitrogens with zero attached hydrogens (tertiary/aromatic N) is 2. The minimum atomic E-state index is -0.238. The zero-order valence-corrected chi connectivity index (χ0v) is 12.2. The summed E-state index contributed by atoms with van der Waals surface area (Å²) in [5.74, 6) is 0.0748. The summed E-state index contributed by atoms with van der Waals surface area (Å²) in [4.78, 5) is 12.3. The molecule has 0 unspecified atom stereocenters. The molecule has 1 fully saturated rings. The monoisotopic (exact) mass is 287 g/mol. The third-order valence-corrected chi connectivity index (χ3v) is 4.81. The van der Waals surface area contributed by atoms with Gasteiger partial charge in [-0.05, 0) is 12.8 Å². The first-order valence-electron chi connectivity index (χ1n) is 6.88. The smallest absolute Gasteiger partial charge is 0.232 e. The van der Waals surface area contributed by atoms with E-state index >= 15 is 0 Å². The van der Waals surface area contributed by atoms with E-state index in [9.17, 15) is 4.79 Å². The molecule has 1 aliphatic rings. The summed E-state index contributed by atoms with van der Waals surface area (Å²) < 4.78 is 0. The SMILES string of the molecule is CC1(C(=O)Nc2nnc(-c3ccccc3)s2)CCCC1. The van der Waals surface area contributed by atoms with E-state index in [1.165, 1.54) is 11.3 Å². The Balaban J connectivity index is 1.73. The molecule has 1 N–H and O–H groups in total. The molecule has 0 spiro atoms. The Bertz CT molecular complexity index is 603. The first kappa shape index (κ1) is 13.2. The summed E-state index contributed by atoms with van der Waals surface area (Å²) in [6, 6.07) is 9.88. The Kier molecular flexibility index (Phi) is 3.53. The minimum absolute atomic E-state index is 0.0748. The number of benzene rings is 1. The molecule has 1 aliphatic carbocycles. The predicted octanol–water partition coefficient (Wildman–Crippen LogP) is 3.72. The standard InChI is InChI=1S/C15H17N3OS/c1-15(9-5-6-10-15)13(19)16-14-18-17-12(20-14)11-7-3-2-4-8-11/h2-4,7-8H,5-6,9-10H2,1H3,(H,16,18,19). The molecule has 5 heteroatoms. The second-order valence-corrected chi connectivity index (χ2v) is 6.48. The van der Waals surface area contributed by atoms with Gasteiger partial charge in [0.1, 0.15) is 5.01 Å². The van der Waals surface area contributed by atoms with Gasteiger partial charge >= 0.3 is 0 Å². The Morgan fingerprint density at radius 3 is 2.60 bits per heavy atom. The van der Waals surface area contributed by atoms with Crippen LogP contribution in [0.3, 0.4) is 0 Å². The molecule has 0 bridgehead atoms. The molecule has 0 aliphatic heterocycles. The number of rotatable bonds is 3. The normalized spacial score (nSPS) is 17.1. The van der Waals surface area contributed by atoms with Gasteiger partial charge in [0.15, 0.2) is 0 Å². The Hall–Kier alpha value is -1.75. The zero-order chi connectivity index (χ0) is 14.0. The van der Waals surface area contributed by atoms with Gasteiger partial charge in [-0.2, -0.15) is 0 Å². The minimum Gasteiger partial charge on any atom is -0.300 e. The lowest BCUT2D eigenvalue weighted by Gasteiger charge is -2.20. The maximum Gasteiger partial charge on any atom is 0.232 e. The largest absolute Gasteiger partial charge is 0.300 e. The van der Waals surface area contributed by atoms with Crippen LogP contribution in [-0.4, -0.2) is 16.1 Å². The maximum atomic E-state index is 12.3. The summed E-state index contributed by atoms with van der Waals surface area (Å²) >= 11 is 1.42. The number of carbonyl (C=O) groups is 1. The molecule has 0 radical (unpaired) electrons. The van der Waals surface area contributed by atoms with E-state index in [0.29, 0.717) is 5.13 Å². The highest BCUT2D eigenvalue weighted by Crippen LogP contribution is 2.38. The van der Waals surface area contributed by atoms with Crippen molar-refractivity contribution in [1.82, 2.24) is 10.2 Å². The van der Waals surface area contributed by atoms with Gasteiger partial charge in [-0.15, -0.1) is 10.2 Å². The van der Waals surface area contributed by atoms with E-state index < -0.39 is 0 Å². The number of hydrogen-bond acceptors (Lipinski definition) is 4. The summed E-state index contributed by atoms with van der Waals surface area (Å²) in [5, 5.41) is 12.6. The molecule has 3 rings (SSSR count). The molecule has 2 aromatic rings. The van der Waals surface area contributed by atoms with Crippen molar-refractivity contribution in [3.05, 3.63) is 30.3 Å². The molecule has 1 heterocycles. The number of amides is 1. The van der Waals surface area contributed by atoms with Crippen molar-refractivity contribution < 1.29 is 4.79 Å². The van der Waals surface area contributed by atoms with Crippen molar-refractivity contribution in [2.45, 2.75) is 32.6 Å². The van der Waals surface area contributed by atoms with Crippen molar-refractivity contribution in [3.63, 3.8) is 0 Å². The number of nitrogens with one attached hydrogen (secondary N) is 1. The van der Waals surface area contributed by atoms with Gasteiger partial charge in [-0.3, -0.25) is 4.79 Å². The summed E-state index contributed by atoms with van der Waals surface area (Å²) in [6.07, 6.45) is 4.19. The van der Waals surface area contributed by atoms with E-state index in [1.54, 1.807) is 0 Å². The molecule has 4 nitrogen and oxygen atoms in total. The fourth-order valence-electron chi connectivity index (χ4n) is 2.60. The van der Waals surface area contributed by atoms with Gasteiger partial charge in [-0.25, -0.2) is 0 Å². The van der Waals surface area contributed by atoms with Gasteiger partial charge in [0, 0.05) is 11.0 Å². The average Bonchev–Trinajstić information content (AvgIpc) is 3.10. The highest BCUT2D eigenvalue weighted by Gasteiger charge is 2.36.